The summed E-state index contributed by atoms with van der Waals surface area (Å²) in [7, 11) is -2.74. The Morgan fingerprint density at radius 1 is 1.25 bits per heavy atom. The van der Waals surface area contributed by atoms with Gasteiger partial charge in [-0.3, -0.25) is 9.69 Å². The number of ether oxygens (including phenoxy) is 1. The Hall–Kier alpha value is -1.32. The van der Waals surface area contributed by atoms with Gasteiger partial charge in [0.1, 0.15) is 24.5 Å². The van der Waals surface area contributed by atoms with Gasteiger partial charge in [-0.1, -0.05) is 25.4 Å². The third-order valence-corrected chi connectivity index (χ3v) is 9.55. The summed E-state index contributed by atoms with van der Waals surface area (Å²) in [6.45, 7) is 7.48. The second-order valence-electron chi connectivity index (χ2n) is 7.75. The first-order valence-electron chi connectivity index (χ1n) is 10.0. The molecule has 0 N–H and O–H groups in total. The number of carbonyl (C=O) groups excluding carboxylic acids is 1. The molecule has 0 fully saturated rings. The summed E-state index contributed by atoms with van der Waals surface area (Å²) >= 11 is 6.16. The van der Waals surface area contributed by atoms with Crippen LogP contribution >= 0.6 is 18.7 Å². The quantitative estimate of drug-likeness (QED) is 0.507. The van der Waals surface area contributed by atoms with Crippen LogP contribution < -0.4 is 9.64 Å². The van der Waals surface area contributed by atoms with Crippen LogP contribution in [0.2, 0.25) is 5.02 Å². The van der Waals surface area contributed by atoms with Crippen molar-refractivity contribution < 1.29 is 18.5 Å². The van der Waals surface area contributed by atoms with Crippen molar-refractivity contribution in [1.82, 2.24) is 0 Å². The van der Waals surface area contributed by atoms with E-state index < -0.39 is 18.7 Å². The van der Waals surface area contributed by atoms with Gasteiger partial charge < -0.3 is 9.30 Å². The van der Waals surface area contributed by atoms with Gasteiger partial charge in [0.25, 0.3) is 5.91 Å². The van der Waals surface area contributed by atoms with Crippen molar-refractivity contribution in [2.75, 3.05) is 17.2 Å². The molecule has 1 unspecified atom stereocenters. The van der Waals surface area contributed by atoms with Crippen LogP contribution in [-0.2, 0) is 9.36 Å². The minimum absolute atomic E-state index is 0.103. The lowest BCUT2D eigenvalue weighted by molar-refractivity contribution is -0.114. The van der Waals surface area contributed by atoms with Gasteiger partial charge in [0, 0.05) is 24.0 Å². The molecule has 0 saturated carbocycles. The third kappa shape index (κ3) is 3.64. The predicted molar refractivity (Wildman–Crippen MR) is 113 cm³/mol. The number of halogens is 2. The predicted octanol–water partition coefficient (Wildman–Crippen LogP) is 6.21. The van der Waals surface area contributed by atoms with Crippen LogP contribution in [0.3, 0.4) is 0 Å². The molecule has 1 aromatic carbocycles. The Bertz CT molecular complexity index is 859. The number of nitrogens with zero attached hydrogens (tertiary/aromatic N) is 1. The SMILES string of the molecule is CCP(=O)(CC)C1C2=C(CCCC2)C(=O)N1c1cc(OC(C)C)c(Cl)cc1F. The third-order valence-electron chi connectivity index (χ3n) is 5.68. The molecule has 154 valence electrons. The molecule has 0 spiro atoms. The molecular weight excluding hydrogens is 400 g/mol. The van der Waals surface area contributed by atoms with E-state index in [4.69, 9.17) is 16.3 Å². The van der Waals surface area contributed by atoms with E-state index in [1.807, 2.05) is 27.7 Å². The summed E-state index contributed by atoms with van der Waals surface area (Å²) < 4.78 is 34.5. The number of anilines is 1. The van der Waals surface area contributed by atoms with Gasteiger partial charge >= 0.3 is 0 Å². The molecule has 1 atom stereocenters. The zero-order chi connectivity index (χ0) is 20.6. The van der Waals surface area contributed by atoms with Gasteiger partial charge in [-0.15, -0.1) is 0 Å². The molecule has 3 rings (SSSR count). The minimum Gasteiger partial charge on any atom is -0.489 e. The Kier molecular flexibility index (Phi) is 6.26. The van der Waals surface area contributed by atoms with E-state index in [0.717, 1.165) is 30.4 Å². The van der Waals surface area contributed by atoms with Crippen molar-refractivity contribution in [3.05, 3.63) is 34.1 Å². The summed E-state index contributed by atoms with van der Waals surface area (Å²) in [5.74, 6) is -1.06. The largest absolute Gasteiger partial charge is 0.489 e. The van der Waals surface area contributed by atoms with Crippen LogP contribution in [0.5, 0.6) is 5.75 Å². The summed E-state index contributed by atoms with van der Waals surface area (Å²) in [4.78, 5) is 14.7. The van der Waals surface area contributed by atoms with Crippen LogP contribution in [0.25, 0.3) is 0 Å². The Morgan fingerprint density at radius 2 is 1.89 bits per heavy atom. The molecule has 0 saturated heterocycles. The molecule has 28 heavy (non-hydrogen) atoms. The van der Waals surface area contributed by atoms with E-state index >= 15 is 0 Å². The Labute approximate surface area is 171 Å². The number of carbonyl (C=O) groups is 1. The zero-order valence-electron chi connectivity index (χ0n) is 16.9. The molecule has 2 aliphatic rings. The maximum atomic E-state index is 15.0. The lowest BCUT2D eigenvalue weighted by atomic mass is 9.94. The zero-order valence-corrected chi connectivity index (χ0v) is 18.6. The molecule has 4 nitrogen and oxygen atoms in total. The van der Waals surface area contributed by atoms with Gasteiger partial charge in [0.15, 0.2) is 0 Å². The van der Waals surface area contributed by atoms with Gasteiger partial charge in [-0.05, 0) is 51.2 Å². The first kappa shape index (κ1) is 21.4. The highest BCUT2D eigenvalue weighted by atomic mass is 35.5. The van der Waals surface area contributed by atoms with E-state index in [2.05, 4.69) is 0 Å². The summed E-state index contributed by atoms with van der Waals surface area (Å²) in [6.07, 6.45) is 4.10. The molecule has 1 aromatic rings. The molecule has 1 aliphatic heterocycles. The average Bonchev–Trinajstić information content (AvgIpc) is 2.96. The van der Waals surface area contributed by atoms with Crippen LogP contribution in [0, 0.1) is 5.82 Å². The molecule has 0 bridgehead atoms. The van der Waals surface area contributed by atoms with E-state index in [1.54, 1.807) is 0 Å². The maximum Gasteiger partial charge on any atom is 0.255 e. The molecule has 1 aliphatic carbocycles. The maximum absolute atomic E-state index is 15.0. The van der Waals surface area contributed by atoms with Gasteiger partial charge in [-0.25, -0.2) is 4.39 Å². The molecule has 1 amide bonds. The highest BCUT2D eigenvalue weighted by Crippen LogP contribution is 2.60. The number of hydrogen-bond donors (Lipinski definition) is 0. The highest BCUT2D eigenvalue weighted by Gasteiger charge is 2.49. The second-order valence-corrected chi connectivity index (χ2v) is 11.8. The lowest BCUT2D eigenvalue weighted by Crippen LogP contribution is -2.37. The molecule has 7 heteroatoms. The van der Waals surface area contributed by atoms with Crippen molar-refractivity contribution in [3.63, 3.8) is 0 Å². The van der Waals surface area contributed by atoms with Crippen molar-refractivity contribution >= 4 is 30.3 Å². The van der Waals surface area contributed by atoms with Gasteiger partial charge in [0.2, 0.25) is 0 Å². The van der Waals surface area contributed by atoms with Crippen molar-refractivity contribution in [1.29, 1.82) is 0 Å². The first-order chi connectivity index (χ1) is 13.2. The average molecular weight is 428 g/mol. The molecule has 0 aromatic heterocycles. The summed E-state index contributed by atoms with van der Waals surface area (Å²) in [6, 6.07) is 2.66. The topological polar surface area (TPSA) is 46.6 Å². The fourth-order valence-electron chi connectivity index (χ4n) is 4.22. The van der Waals surface area contributed by atoms with Gasteiger partial charge in [0.05, 0.1) is 16.8 Å². The van der Waals surface area contributed by atoms with E-state index in [0.29, 0.717) is 24.5 Å². The van der Waals surface area contributed by atoms with Crippen molar-refractivity contribution in [2.24, 2.45) is 0 Å². The summed E-state index contributed by atoms with van der Waals surface area (Å²) in [5, 5.41) is 0.157. The smallest absolute Gasteiger partial charge is 0.255 e. The van der Waals surface area contributed by atoms with E-state index in [1.165, 1.54) is 17.0 Å². The standard InChI is InChI=1S/C21H28ClFNO3P/c1-5-28(26,6-2)21-15-10-8-7-9-14(15)20(25)24(21)18-12-19(27-13(3)4)16(22)11-17(18)23/h11-13,21H,5-10H2,1-4H3. The summed E-state index contributed by atoms with van der Waals surface area (Å²) in [5.41, 5.74) is 1.77. The molecule has 1 heterocycles. The molecule has 0 radical (unpaired) electrons. The number of rotatable bonds is 6. The lowest BCUT2D eigenvalue weighted by Gasteiger charge is -2.34. The van der Waals surface area contributed by atoms with Crippen LogP contribution in [0.1, 0.15) is 53.4 Å². The minimum atomic E-state index is -2.74. The van der Waals surface area contributed by atoms with Crippen LogP contribution in [0.15, 0.2) is 23.3 Å². The van der Waals surface area contributed by atoms with Crippen molar-refractivity contribution in [3.8, 4) is 5.75 Å². The Morgan fingerprint density at radius 3 is 2.50 bits per heavy atom. The highest BCUT2D eigenvalue weighted by molar-refractivity contribution is 7.65. The van der Waals surface area contributed by atoms with Crippen LogP contribution in [0.4, 0.5) is 10.1 Å². The van der Waals surface area contributed by atoms with Gasteiger partial charge in [-0.2, -0.15) is 0 Å². The number of benzene rings is 1. The van der Waals surface area contributed by atoms with E-state index in [-0.39, 0.29) is 22.7 Å². The number of hydrogen-bond acceptors (Lipinski definition) is 3. The Balaban J connectivity index is 2.17. The van der Waals surface area contributed by atoms with Crippen LogP contribution in [-0.4, -0.2) is 30.1 Å². The fraction of sp³-hybridized carbons (Fsp3) is 0.571. The second kappa shape index (κ2) is 8.20. The normalized spacial score (nSPS) is 20.2. The number of amides is 1. The molecular formula is C21H28ClFNO3P. The first-order valence-corrected chi connectivity index (χ1v) is 12.5. The monoisotopic (exact) mass is 427 g/mol. The fourth-order valence-corrected chi connectivity index (χ4v) is 7.06. The van der Waals surface area contributed by atoms with E-state index in [9.17, 15) is 13.8 Å². The van der Waals surface area contributed by atoms with Crippen molar-refractivity contribution in [2.45, 2.75) is 65.3 Å².